The molecule has 1 saturated carbocycles. The van der Waals surface area contributed by atoms with Crippen molar-refractivity contribution in [2.24, 2.45) is 0 Å². The van der Waals surface area contributed by atoms with Crippen LogP contribution in [0.3, 0.4) is 0 Å². The minimum absolute atomic E-state index is 0.0282. The van der Waals surface area contributed by atoms with Crippen molar-refractivity contribution >= 4 is 9.84 Å². The van der Waals surface area contributed by atoms with Crippen molar-refractivity contribution in [3.8, 4) is 5.75 Å². The van der Waals surface area contributed by atoms with Gasteiger partial charge in [-0.05, 0) is 38.0 Å². The Morgan fingerprint density at radius 1 is 1.44 bits per heavy atom. The SMILES string of the molecule is CC(CNC1CC1)Oc1cccc(S(C)(=O)=O)c1. The number of hydrogen-bond donors (Lipinski definition) is 1. The summed E-state index contributed by atoms with van der Waals surface area (Å²) in [5, 5.41) is 3.38. The van der Waals surface area contributed by atoms with Gasteiger partial charge in [0.25, 0.3) is 0 Å². The fourth-order valence-electron chi connectivity index (χ4n) is 1.67. The third kappa shape index (κ3) is 3.99. The largest absolute Gasteiger partial charge is 0.489 e. The van der Waals surface area contributed by atoms with Gasteiger partial charge in [-0.1, -0.05) is 6.07 Å². The van der Waals surface area contributed by atoms with Crippen LogP contribution in [-0.4, -0.2) is 33.4 Å². The van der Waals surface area contributed by atoms with Gasteiger partial charge in [0.05, 0.1) is 4.90 Å². The van der Waals surface area contributed by atoms with Crippen LogP contribution in [0.25, 0.3) is 0 Å². The minimum Gasteiger partial charge on any atom is -0.489 e. The highest BCUT2D eigenvalue weighted by atomic mass is 32.2. The molecule has 1 fully saturated rings. The van der Waals surface area contributed by atoms with Crippen LogP contribution in [0.15, 0.2) is 29.2 Å². The number of rotatable bonds is 6. The van der Waals surface area contributed by atoms with E-state index >= 15 is 0 Å². The van der Waals surface area contributed by atoms with Crippen LogP contribution < -0.4 is 10.1 Å². The van der Waals surface area contributed by atoms with Crippen molar-refractivity contribution in [1.82, 2.24) is 5.32 Å². The average molecular weight is 269 g/mol. The monoisotopic (exact) mass is 269 g/mol. The van der Waals surface area contributed by atoms with Gasteiger partial charge in [0.2, 0.25) is 0 Å². The van der Waals surface area contributed by atoms with E-state index in [1.54, 1.807) is 24.3 Å². The Bertz CT molecular complexity index is 509. The second-order valence-corrected chi connectivity index (χ2v) is 6.87. The molecule has 0 radical (unpaired) electrons. The van der Waals surface area contributed by atoms with E-state index in [1.165, 1.54) is 19.1 Å². The number of ether oxygens (including phenoxy) is 1. The molecule has 0 heterocycles. The van der Waals surface area contributed by atoms with Crippen molar-refractivity contribution in [2.45, 2.75) is 36.8 Å². The van der Waals surface area contributed by atoms with E-state index in [9.17, 15) is 8.42 Å². The van der Waals surface area contributed by atoms with Gasteiger partial charge >= 0.3 is 0 Å². The Morgan fingerprint density at radius 3 is 2.78 bits per heavy atom. The molecule has 18 heavy (non-hydrogen) atoms. The van der Waals surface area contributed by atoms with Crippen molar-refractivity contribution in [2.75, 3.05) is 12.8 Å². The molecule has 0 amide bonds. The zero-order chi connectivity index (χ0) is 13.2. The normalized spacial score (nSPS) is 17.4. The third-order valence-electron chi connectivity index (χ3n) is 2.84. The van der Waals surface area contributed by atoms with Crippen LogP contribution in [0.2, 0.25) is 0 Å². The van der Waals surface area contributed by atoms with Gasteiger partial charge in [-0.15, -0.1) is 0 Å². The lowest BCUT2D eigenvalue weighted by Gasteiger charge is -2.15. The topological polar surface area (TPSA) is 55.4 Å². The predicted octanol–water partition coefficient (Wildman–Crippen LogP) is 1.61. The maximum Gasteiger partial charge on any atom is 0.175 e. The summed E-state index contributed by atoms with van der Waals surface area (Å²) in [5.41, 5.74) is 0. The highest BCUT2D eigenvalue weighted by Gasteiger charge is 2.21. The fourth-order valence-corrected chi connectivity index (χ4v) is 2.33. The van der Waals surface area contributed by atoms with E-state index in [0.717, 1.165) is 6.54 Å². The van der Waals surface area contributed by atoms with Crippen molar-refractivity contribution < 1.29 is 13.2 Å². The van der Waals surface area contributed by atoms with E-state index < -0.39 is 9.84 Å². The van der Waals surface area contributed by atoms with Gasteiger partial charge in [0, 0.05) is 18.8 Å². The molecule has 1 unspecified atom stereocenters. The molecular weight excluding hydrogens is 250 g/mol. The molecule has 1 aromatic rings. The van der Waals surface area contributed by atoms with Gasteiger partial charge in [0.1, 0.15) is 11.9 Å². The summed E-state index contributed by atoms with van der Waals surface area (Å²) < 4.78 is 28.6. The molecule has 0 bridgehead atoms. The zero-order valence-corrected chi connectivity index (χ0v) is 11.5. The molecule has 0 aromatic heterocycles. The Hall–Kier alpha value is -1.07. The third-order valence-corrected chi connectivity index (χ3v) is 3.95. The van der Waals surface area contributed by atoms with Gasteiger partial charge in [0.15, 0.2) is 9.84 Å². The minimum atomic E-state index is -3.17. The molecule has 1 aliphatic carbocycles. The predicted molar refractivity (Wildman–Crippen MR) is 70.7 cm³/mol. The van der Waals surface area contributed by atoms with E-state index in [-0.39, 0.29) is 6.10 Å². The molecule has 0 aliphatic heterocycles. The van der Waals surface area contributed by atoms with Gasteiger partial charge in [-0.3, -0.25) is 0 Å². The van der Waals surface area contributed by atoms with Crippen LogP contribution in [-0.2, 0) is 9.84 Å². The first-order chi connectivity index (χ1) is 8.45. The van der Waals surface area contributed by atoms with Crippen molar-refractivity contribution in [3.05, 3.63) is 24.3 Å². The summed E-state index contributed by atoms with van der Waals surface area (Å²) in [4.78, 5) is 0.294. The van der Waals surface area contributed by atoms with E-state index in [4.69, 9.17) is 4.74 Å². The summed E-state index contributed by atoms with van der Waals surface area (Å²) in [6, 6.07) is 7.28. The lowest BCUT2D eigenvalue weighted by molar-refractivity contribution is 0.216. The molecule has 1 aliphatic rings. The molecule has 5 heteroatoms. The fraction of sp³-hybridized carbons (Fsp3) is 0.538. The maximum atomic E-state index is 11.4. The summed E-state index contributed by atoms with van der Waals surface area (Å²) in [7, 11) is -3.17. The summed E-state index contributed by atoms with van der Waals surface area (Å²) in [6.07, 6.45) is 3.72. The molecule has 1 N–H and O–H groups in total. The Morgan fingerprint density at radius 2 is 2.17 bits per heavy atom. The van der Waals surface area contributed by atoms with Crippen LogP contribution in [0.5, 0.6) is 5.75 Å². The van der Waals surface area contributed by atoms with Crippen LogP contribution in [0.4, 0.5) is 0 Å². The zero-order valence-electron chi connectivity index (χ0n) is 10.7. The Kier molecular flexibility index (Phi) is 3.92. The highest BCUT2D eigenvalue weighted by Crippen LogP contribution is 2.20. The molecule has 0 spiro atoms. The number of sulfone groups is 1. The maximum absolute atomic E-state index is 11.4. The Balaban J connectivity index is 1.95. The lowest BCUT2D eigenvalue weighted by Crippen LogP contribution is -2.30. The first-order valence-electron chi connectivity index (χ1n) is 6.15. The number of nitrogens with one attached hydrogen (secondary N) is 1. The molecule has 4 nitrogen and oxygen atoms in total. The first kappa shape index (κ1) is 13.4. The van der Waals surface area contributed by atoms with Crippen molar-refractivity contribution in [1.29, 1.82) is 0 Å². The molecule has 2 rings (SSSR count). The van der Waals surface area contributed by atoms with E-state index in [1.807, 2.05) is 6.92 Å². The molecule has 1 aromatic carbocycles. The van der Waals surface area contributed by atoms with Crippen molar-refractivity contribution in [3.63, 3.8) is 0 Å². The lowest BCUT2D eigenvalue weighted by atomic mass is 10.3. The first-order valence-corrected chi connectivity index (χ1v) is 8.04. The molecule has 0 saturated heterocycles. The highest BCUT2D eigenvalue weighted by molar-refractivity contribution is 7.90. The summed E-state index contributed by atoms with van der Waals surface area (Å²) in [5.74, 6) is 0.600. The van der Waals surface area contributed by atoms with Crippen LogP contribution in [0.1, 0.15) is 19.8 Å². The van der Waals surface area contributed by atoms with Crippen LogP contribution >= 0.6 is 0 Å². The second kappa shape index (κ2) is 5.28. The number of benzene rings is 1. The average Bonchev–Trinajstić information content (AvgIpc) is 3.09. The second-order valence-electron chi connectivity index (χ2n) is 4.86. The molecule has 100 valence electrons. The molecular formula is C13H19NO3S. The van der Waals surface area contributed by atoms with Crippen LogP contribution in [0, 0.1) is 0 Å². The quantitative estimate of drug-likeness (QED) is 0.852. The van der Waals surface area contributed by atoms with E-state index in [0.29, 0.717) is 16.7 Å². The van der Waals surface area contributed by atoms with Gasteiger partial charge in [-0.2, -0.15) is 0 Å². The standard InChI is InChI=1S/C13H19NO3S/c1-10(9-14-11-6-7-11)17-12-4-3-5-13(8-12)18(2,15)16/h3-5,8,10-11,14H,6-7,9H2,1-2H3. The molecule has 1 atom stereocenters. The summed E-state index contributed by atoms with van der Waals surface area (Å²) in [6.45, 7) is 2.76. The van der Waals surface area contributed by atoms with E-state index in [2.05, 4.69) is 5.32 Å². The van der Waals surface area contributed by atoms with Gasteiger partial charge in [-0.25, -0.2) is 8.42 Å². The smallest absolute Gasteiger partial charge is 0.175 e. The number of hydrogen-bond acceptors (Lipinski definition) is 4. The Labute approximate surface area is 108 Å². The van der Waals surface area contributed by atoms with Gasteiger partial charge < -0.3 is 10.1 Å². The summed E-state index contributed by atoms with van der Waals surface area (Å²) >= 11 is 0.